The van der Waals surface area contributed by atoms with Gasteiger partial charge in [0, 0.05) is 12.1 Å². The maximum absolute atomic E-state index is 6.01. The average Bonchev–Trinajstić information content (AvgIpc) is 2.62. The van der Waals surface area contributed by atoms with Crippen LogP contribution in [0.25, 0.3) is 0 Å². The molecule has 1 N–H and O–H groups in total. The number of benzene rings is 2. The molecule has 0 saturated heterocycles. The smallest absolute Gasteiger partial charge is 0.161 e. The van der Waals surface area contributed by atoms with E-state index in [0.717, 1.165) is 30.2 Å². The highest BCUT2D eigenvalue weighted by Gasteiger charge is 2.28. The van der Waals surface area contributed by atoms with Gasteiger partial charge in [-0.15, -0.1) is 0 Å². The fourth-order valence-electron chi connectivity index (χ4n) is 3.94. The summed E-state index contributed by atoms with van der Waals surface area (Å²) in [6.07, 6.45) is 0.979. The van der Waals surface area contributed by atoms with Crippen molar-refractivity contribution in [1.29, 1.82) is 0 Å². The van der Waals surface area contributed by atoms with E-state index in [4.69, 9.17) is 14.2 Å². The zero-order chi connectivity index (χ0) is 19.4. The predicted octanol–water partition coefficient (Wildman–Crippen LogP) is 4.73. The molecule has 1 unspecified atom stereocenters. The number of ether oxygens (including phenoxy) is 3. The summed E-state index contributed by atoms with van der Waals surface area (Å²) in [5.41, 5.74) is 6.25. The zero-order valence-corrected chi connectivity index (χ0v) is 17.1. The van der Waals surface area contributed by atoms with E-state index < -0.39 is 0 Å². The van der Waals surface area contributed by atoms with E-state index in [1.807, 2.05) is 20.8 Å². The lowest BCUT2D eigenvalue weighted by atomic mass is 9.86. The summed E-state index contributed by atoms with van der Waals surface area (Å²) in [6, 6.07) is 8.76. The molecule has 0 spiro atoms. The van der Waals surface area contributed by atoms with E-state index in [2.05, 4.69) is 43.4 Å². The van der Waals surface area contributed by atoms with Crippen molar-refractivity contribution in [2.75, 3.05) is 26.4 Å². The van der Waals surface area contributed by atoms with Crippen LogP contribution in [0.4, 0.5) is 0 Å². The van der Waals surface area contributed by atoms with E-state index in [9.17, 15) is 0 Å². The van der Waals surface area contributed by atoms with E-state index >= 15 is 0 Å². The highest BCUT2D eigenvalue weighted by Crippen LogP contribution is 2.41. The van der Waals surface area contributed by atoms with Crippen LogP contribution in [-0.4, -0.2) is 26.4 Å². The molecule has 1 aliphatic heterocycles. The summed E-state index contributed by atoms with van der Waals surface area (Å²) in [4.78, 5) is 0. The summed E-state index contributed by atoms with van der Waals surface area (Å²) < 4.78 is 17.7. The molecule has 1 atom stereocenters. The normalized spacial score (nSPS) is 16.0. The molecule has 0 bridgehead atoms. The van der Waals surface area contributed by atoms with Crippen molar-refractivity contribution in [3.63, 3.8) is 0 Å². The lowest BCUT2D eigenvalue weighted by molar-refractivity contribution is 0.286. The van der Waals surface area contributed by atoms with Gasteiger partial charge in [0.1, 0.15) is 5.75 Å². The van der Waals surface area contributed by atoms with Gasteiger partial charge in [-0.05, 0) is 81.5 Å². The van der Waals surface area contributed by atoms with Crippen molar-refractivity contribution in [2.24, 2.45) is 0 Å². The van der Waals surface area contributed by atoms with E-state index in [0.29, 0.717) is 19.8 Å². The molecule has 2 aromatic carbocycles. The third kappa shape index (κ3) is 4.06. The number of aryl methyl sites for hydroxylation is 2. The summed E-state index contributed by atoms with van der Waals surface area (Å²) in [7, 11) is 0. The lowest BCUT2D eigenvalue weighted by Crippen LogP contribution is -2.31. The summed E-state index contributed by atoms with van der Waals surface area (Å²) in [5.74, 6) is 2.62. The summed E-state index contributed by atoms with van der Waals surface area (Å²) in [6.45, 7) is 13.1. The Morgan fingerprint density at radius 2 is 1.48 bits per heavy atom. The molecule has 1 aliphatic rings. The van der Waals surface area contributed by atoms with Crippen molar-refractivity contribution in [1.82, 2.24) is 5.32 Å². The molecule has 4 nitrogen and oxygen atoms in total. The molecular formula is C23H31NO3. The van der Waals surface area contributed by atoms with Gasteiger partial charge >= 0.3 is 0 Å². The summed E-state index contributed by atoms with van der Waals surface area (Å²) in [5, 5.41) is 3.70. The minimum atomic E-state index is 0.0887. The second kappa shape index (κ2) is 8.66. The van der Waals surface area contributed by atoms with E-state index in [-0.39, 0.29) is 6.04 Å². The number of hydrogen-bond acceptors (Lipinski definition) is 4. The number of nitrogens with one attached hydrogen (secondary N) is 1. The van der Waals surface area contributed by atoms with Crippen LogP contribution in [0.5, 0.6) is 17.2 Å². The van der Waals surface area contributed by atoms with Crippen LogP contribution >= 0.6 is 0 Å². The largest absolute Gasteiger partial charge is 0.494 e. The zero-order valence-electron chi connectivity index (χ0n) is 17.1. The van der Waals surface area contributed by atoms with Crippen LogP contribution in [0, 0.1) is 13.8 Å². The van der Waals surface area contributed by atoms with E-state index in [1.165, 1.54) is 27.8 Å². The van der Waals surface area contributed by atoms with Crippen molar-refractivity contribution in [3.05, 3.63) is 52.1 Å². The molecule has 0 aliphatic carbocycles. The Bertz CT molecular complexity index is 801. The van der Waals surface area contributed by atoms with Crippen LogP contribution < -0.4 is 19.5 Å². The predicted molar refractivity (Wildman–Crippen MR) is 109 cm³/mol. The average molecular weight is 370 g/mol. The molecule has 3 rings (SSSR count). The fourth-order valence-corrected chi connectivity index (χ4v) is 3.94. The van der Waals surface area contributed by atoms with Crippen molar-refractivity contribution < 1.29 is 14.2 Å². The van der Waals surface area contributed by atoms with E-state index in [1.54, 1.807) is 0 Å². The molecule has 27 heavy (non-hydrogen) atoms. The molecule has 0 fully saturated rings. The van der Waals surface area contributed by atoms with Crippen LogP contribution in [0.3, 0.4) is 0 Å². The standard InChI is InChI=1S/C23H31NO3/c1-6-25-19-13-17-9-10-24-23(18(17)14-20(19)26-7-2)22-16(5)11-15(4)12-21(22)27-8-3/h11-14,23-24H,6-10H2,1-5H3. The Morgan fingerprint density at radius 1 is 0.852 bits per heavy atom. The molecular weight excluding hydrogens is 338 g/mol. The fraction of sp³-hybridized carbons (Fsp3) is 0.478. The van der Waals surface area contributed by atoms with Gasteiger partial charge in [0.05, 0.1) is 25.9 Å². The Hall–Kier alpha value is -2.20. The van der Waals surface area contributed by atoms with Gasteiger partial charge in [-0.1, -0.05) is 6.07 Å². The van der Waals surface area contributed by atoms with Crippen LogP contribution in [-0.2, 0) is 6.42 Å². The number of rotatable bonds is 7. The number of hydrogen-bond donors (Lipinski definition) is 1. The quantitative estimate of drug-likeness (QED) is 0.766. The van der Waals surface area contributed by atoms with Gasteiger partial charge in [-0.25, -0.2) is 0 Å². The Kier molecular flexibility index (Phi) is 6.27. The summed E-state index contributed by atoms with van der Waals surface area (Å²) >= 11 is 0. The molecule has 1 heterocycles. The van der Waals surface area contributed by atoms with Crippen LogP contribution in [0.2, 0.25) is 0 Å². The maximum atomic E-state index is 6.01. The Morgan fingerprint density at radius 3 is 2.15 bits per heavy atom. The second-order valence-corrected chi connectivity index (χ2v) is 6.93. The molecule has 2 aromatic rings. The highest BCUT2D eigenvalue weighted by molar-refractivity contribution is 5.55. The minimum absolute atomic E-state index is 0.0887. The van der Waals surface area contributed by atoms with Gasteiger partial charge in [-0.2, -0.15) is 0 Å². The first-order chi connectivity index (χ1) is 13.1. The molecule has 0 saturated carbocycles. The third-order valence-corrected chi connectivity index (χ3v) is 4.94. The molecule has 146 valence electrons. The number of fused-ring (bicyclic) bond motifs is 1. The highest BCUT2D eigenvalue weighted by atomic mass is 16.5. The van der Waals surface area contributed by atoms with Gasteiger partial charge in [0.25, 0.3) is 0 Å². The van der Waals surface area contributed by atoms with Crippen LogP contribution in [0.1, 0.15) is 54.6 Å². The van der Waals surface area contributed by atoms with Gasteiger partial charge in [0.2, 0.25) is 0 Å². The molecule has 4 heteroatoms. The molecule has 0 radical (unpaired) electrons. The molecule has 0 aromatic heterocycles. The Balaban J connectivity index is 2.13. The maximum Gasteiger partial charge on any atom is 0.161 e. The third-order valence-electron chi connectivity index (χ3n) is 4.94. The topological polar surface area (TPSA) is 39.7 Å². The first-order valence-electron chi connectivity index (χ1n) is 9.98. The van der Waals surface area contributed by atoms with Crippen molar-refractivity contribution in [2.45, 2.75) is 47.1 Å². The monoisotopic (exact) mass is 369 g/mol. The first-order valence-corrected chi connectivity index (χ1v) is 9.98. The van der Waals surface area contributed by atoms with Crippen molar-refractivity contribution in [3.8, 4) is 17.2 Å². The SMILES string of the molecule is CCOc1cc2c(cc1OCC)C(c1c(C)cc(C)cc1OCC)NCC2. The minimum Gasteiger partial charge on any atom is -0.494 e. The first kappa shape index (κ1) is 19.6. The lowest BCUT2D eigenvalue weighted by Gasteiger charge is -2.31. The Labute approximate surface area is 162 Å². The second-order valence-electron chi connectivity index (χ2n) is 6.93. The van der Waals surface area contributed by atoms with Gasteiger partial charge in [0.15, 0.2) is 11.5 Å². The van der Waals surface area contributed by atoms with Crippen molar-refractivity contribution >= 4 is 0 Å². The van der Waals surface area contributed by atoms with Gasteiger partial charge in [-0.3, -0.25) is 0 Å². The molecule has 0 amide bonds. The van der Waals surface area contributed by atoms with Crippen LogP contribution in [0.15, 0.2) is 24.3 Å². The van der Waals surface area contributed by atoms with Gasteiger partial charge < -0.3 is 19.5 Å².